The van der Waals surface area contributed by atoms with Crippen molar-refractivity contribution in [2.45, 2.75) is 53.6 Å². The molecule has 0 atom stereocenters. The van der Waals surface area contributed by atoms with Gasteiger partial charge in [-0.05, 0) is 62.6 Å². The van der Waals surface area contributed by atoms with Crippen molar-refractivity contribution >= 4 is 17.6 Å². The van der Waals surface area contributed by atoms with E-state index in [2.05, 4.69) is 34.6 Å². The van der Waals surface area contributed by atoms with Gasteiger partial charge in [0.2, 0.25) is 5.96 Å². The molecule has 0 spiro atoms. The minimum atomic E-state index is -0.466. The van der Waals surface area contributed by atoms with Crippen molar-refractivity contribution in [3.05, 3.63) is 82.4 Å². The fourth-order valence-electron chi connectivity index (χ4n) is 3.44. The number of aliphatic imine (C=N–C) groups is 1. The molecule has 32 heavy (non-hydrogen) atoms. The Morgan fingerprint density at radius 1 is 1.16 bits per heavy atom. The fraction of sp³-hybridized carbons (Fsp3) is 0.320. The highest BCUT2D eigenvalue weighted by Crippen LogP contribution is 2.18. The van der Waals surface area contributed by atoms with E-state index in [0.29, 0.717) is 18.4 Å². The topological polar surface area (TPSA) is 71.3 Å². The van der Waals surface area contributed by atoms with Crippen LogP contribution in [0.4, 0.5) is 10.1 Å². The lowest BCUT2D eigenvalue weighted by molar-refractivity contribution is 0.0976. The van der Waals surface area contributed by atoms with E-state index in [0.717, 1.165) is 29.2 Å². The van der Waals surface area contributed by atoms with Gasteiger partial charge in [-0.15, -0.1) is 0 Å². The summed E-state index contributed by atoms with van der Waals surface area (Å²) in [6.45, 7) is 11.4. The Morgan fingerprint density at radius 2 is 1.88 bits per heavy atom. The van der Waals surface area contributed by atoms with E-state index in [-0.39, 0.29) is 5.56 Å². The number of aromatic nitrogens is 2. The average Bonchev–Trinajstić information content (AvgIpc) is 3.05. The molecular weight excluding hydrogens is 405 g/mol. The minimum Gasteiger partial charge on any atom is -0.326 e. The van der Waals surface area contributed by atoms with Gasteiger partial charge in [0, 0.05) is 29.1 Å². The molecule has 0 aliphatic rings. The molecule has 3 rings (SSSR count). The van der Waals surface area contributed by atoms with E-state index < -0.39 is 11.7 Å². The smallest absolute Gasteiger partial charge is 0.258 e. The number of nitrogens with one attached hydrogen (secondary N) is 2. The molecule has 1 heterocycles. The third-order valence-electron chi connectivity index (χ3n) is 5.39. The SMILES string of the molecule is CCn1nc(C)c(CN=C(NC(=O)c2cccc(F)c2)Nc2ccc(C(C)C)cc2)c1C. The van der Waals surface area contributed by atoms with Crippen LogP contribution < -0.4 is 10.6 Å². The molecule has 7 heteroatoms. The van der Waals surface area contributed by atoms with Gasteiger partial charge >= 0.3 is 0 Å². The molecule has 168 valence electrons. The number of anilines is 1. The number of carbonyl (C=O) groups is 1. The van der Waals surface area contributed by atoms with Crippen LogP contribution >= 0.6 is 0 Å². The van der Waals surface area contributed by atoms with Crippen LogP contribution in [0.1, 0.15) is 59.6 Å². The highest BCUT2D eigenvalue weighted by atomic mass is 19.1. The van der Waals surface area contributed by atoms with Crippen LogP contribution in [0, 0.1) is 19.7 Å². The molecule has 0 aliphatic carbocycles. The van der Waals surface area contributed by atoms with Crippen LogP contribution in [0.25, 0.3) is 0 Å². The maximum absolute atomic E-state index is 13.6. The van der Waals surface area contributed by atoms with Gasteiger partial charge in [-0.3, -0.25) is 14.8 Å². The molecular formula is C25H30FN5O. The second-order valence-electron chi connectivity index (χ2n) is 8.00. The Morgan fingerprint density at radius 3 is 2.47 bits per heavy atom. The van der Waals surface area contributed by atoms with Gasteiger partial charge in [0.1, 0.15) is 5.82 Å². The Labute approximate surface area is 188 Å². The molecule has 2 N–H and O–H groups in total. The number of carbonyl (C=O) groups excluding carboxylic acids is 1. The van der Waals surface area contributed by atoms with Crippen molar-refractivity contribution < 1.29 is 9.18 Å². The van der Waals surface area contributed by atoms with Crippen LogP contribution in [0.3, 0.4) is 0 Å². The number of guanidine groups is 1. The number of benzene rings is 2. The Kier molecular flexibility index (Phi) is 7.41. The first-order chi connectivity index (χ1) is 15.3. The predicted molar refractivity (Wildman–Crippen MR) is 127 cm³/mol. The van der Waals surface area contributed by atoms with Gasteiger partial charge in [0.25, 0.3) is 5.91 Å². The van der Waals surface area contributed by atoms with Gasteiger partial charge in [0.15, 0.2) is 0 Å². The van der Waals surface area contributed by atoms with Crippen molar-refractivity contribution in [2.24, 2.45) is 4.99 Å². The van der Waals surface area contributed by atoms with Crippen LogP contribution in [0.2, 0.25) is 0 Å². The van der Waals surface area contributed by atoms with Gasteiger partial charge in [-0.2, -0.15) is 5.10 Å². The first-order valence-corrected chi connectivity index (χ1v) is 10.8. The van der Waals surface area contributed by atoms with Gasteiger partial charge in [0.05, 0.1) is 12.2 Å². The van der Waals surface area contributed by atoms with Crippen molar-refractivity contribution in [3.8, 4) is 0 Å². The summed E-state index contributed by atoms with van der Waals surface area (Å²) in [7, 11) is 0. The van der Waals surface area contributed by atoms with Crippen molar-refractivity contribution in [1.29, 1.82) is 0 Å². The van der Waals surface area contributed by atoms with Gasteiger partial charge in [-0.1, -0.05) is 32.0 Å². The zero-order valence-corrected chi connectivity index (χ0v) is 19.2. The van der Waals surface area contributed by atoms with Crippen molar-refractivity contribution in [1.82, 2.24) is 15.1 Å². The molecule has 0 aliphatic heterocycles. The summed E-state index contributed by atoms with van der Waals surface area (Å²) in [5, 5.41) is 10.5. The number of amides is 1. The molecule has 6 nitrogen and oxygen atoms in total. The Hall–Kier alpha value is -3.48. The van der Waals surface area contributed by atoms with Gasteiger partial charge < -0.3 is 5.32 Å². The summed E-state index contributed by atoms with van der Waals surface area (Å²) in [5.74, 6) is -0.190. The first kappa shape index (κ1) is 23.2. The summed E-state index contributed by atoms with van der Waals surface area (Å²) in [4.78, 5) is 17.4. The predicted octanol–water partition coefficient (Wildman–Crippen LogP) is 5.18. The minimum absolute atomic E-state index is 0.223. The quantitative estimate of drug-likeness (QED) is 0.414. The molecule has 0 unspecified atom stereocenters. The number of aryl methyl sites for hydroxylation is 2. The molecule has 0 bridgehead atoms. The molecule has 0 radical (unpaired) electrons. The van der Waals surface area contributed by atoms with Crippen molar-refractivity contribution in [3.63, 3.8) is 0 Å². The summed E-state index contributed by atoms with van der Waals surface area (Å²) in [6.07, 6.45) is 0. The van der Waals surface area contributed by atoms with Crippen LogP contribution in [-0.4, -0.2) is 21.6 Å². The maximum Gasteiger partial charge on any atom is 0.258 e. The lowest BCUT2D eigenvalue weighted by atomic mass is 10.0. The largest absolute Gasteiger partial charge is 0.326 e. The fourth-order valence-corrected chi connectivity index (χ4v) is 3.44. The zero-order chi connectivity index (χ0) is 23.3. The standard InChI is InChI=1S/C25H30FN5O/c1-6-31-18(5)23(17(4)30-31)15-27-25(28-22-12-10-19(11-13-22)16(2)3)29-24(32)20-8-7-9-21(26)14-20/h7-14,16H,6,15H2,1-5H3,(H2,27,28,29,32). The summed E-state index contributed by atoms with van der Waals surface area (Å²) < 4.78 is 15.5. The zero-order valence-electron chi connectivity index (χ0n) is 19.2. The summed E-state index contributed by atoms with van der Waals surface area (Å²) in [6, 6.07) is 13.5. The van der Waals surface area contributed by atoms with Gasteiger partial charge in [-0.25, -0.2) is 9.38 Å². The first-order valence-electron chi connectivity index (χ1n) is 10.8. The number of hydrogen-bond acceptors (Lipinski definition) is 3. The molecule has 2 aromatic carbocycles. The van der Waals surface area contributed by atoms with E-state index >= 15 is 0 Å². The number of hydrogen-bond donors (Lipinski definition) is 2. The average molecular weight is 436 g/mol. The highest BCUT2D eigenvalue weighted by molar-refractivity contribution is 6.09. The summed E-state index contributed by atoms with van der Waals surface area (Å²) >= 11 is 0. The number of nitrogens with zero attached hydrogens (tertiary/aromatic N) is 3. The third kappa shape index (κ3) is 5.60. The Balaban J connectivity index is 1.86. The Bertz CT molecular complexity index is 1120. The second kappa shape index (κ2) is 10.2. The van der Waals surface area contributed by atoms with Crippen LogP contribution in [0.15, 0.2) is 53.5 Å². The normalized spacial score (nSPS) is 11.7. The second-order valence-corrected chi connectivity index (χ2v) is 8.00. The third-order valence-corrected chi connectivity index (χ3v) is 5.39. The number of rotatable bonds is 6. The highest BCUT2D eigenvalue weighted by Gasteiger charge is 2.13. The lowest BCUT2D eigenvalue weighted by Crippen LogP contribution is -2.36. The van der Waals surface area contributed by atoms with E-state index in [1.807, 2.05) is 49.7 Å². The van der Waals surface area contributed by atoms with Crippen molar-refractivity contribution in [2.75, 3.05) is 5.32 Å². The monoisotopic (exact) mass is 435 g/mol. The molecule has 0 saturated carbocycles. The van der Waals surface area contributed by atoms with E-state index in [9.17, 15) is 9.18 Å². The molecule has 0 fully saturated rings. The molecule has 1 aromatic heterocycles. The van der Waals surface area contributed by atoms with E-state index in [4.69, 9.17) is 0 Å². The van der Waals surface area contributed by atoms with Crippen LogP contribution in [0.5, 0.6) is 0 Å². The molecule has 0 saturated heterocycles. The summed E-state index contributed by atoms with van der Waals surface area (Å²) in [5.41, 5.74) is 5.21. The maximum atomic E-state index is 13.6. The van der Waals surface area contributed by atoms with E-state index in [1.165, 1.54) is 23.8 Å². The number of halogens is 1. The van der Waals surface area contributed by atoms with Crippen LogP contribution in [-0.2, 0) is 13.1 Å². The molecule has 1 amide bonds. The lowest BCUT2D eigenvalue weighted by Gasteiger charge is -2.13. The molecule has 3 aromatic rings. The van der Waals surface area contributed by atoms with E-state index in [1.54, 1.807) is 6.07 Å².